The summed E-state index contributed by atoms with van der Waals surface area (Å²) in [7, 11) is -2.41. The highest BCUT2D eigenvalue weighted by Gasteiger charge is 2.28. The van der Waals surface area contributed by atoms with E-state index in [1.54, 1.807) is 19.1 Å². The Morgan fingerprint density at radius 2 is 1.97 bits per heavy atom. The largest absolute Gasteiger partial charge is 0.507 e. The molecule has 0 unspecified atom stereocenters. The minimum absolute atomic E-state index is 0.0123. The molecule has 1 aliphatic rings. The van der Waals surface area contributed by atoms with Crippen LogP contribution in [0.25, 0.3) is 0 Å². The number of hydrogen-bond acceptors (Lipinski definition) is 9. The highest BCUT2D eigenvalue weighted by molar-refractivity contribution is 7.89. The second-order valence-corrected chi connectivity index (χ2v) is 8.58. The van der Waals surface area contributed by atoms with Crippen LogP contribution in [-0.4, -0.2) is 61.9 Å². The van der Waals surface area contributed by atoms with Gasteiger partial charge in [0.2, 0.25) is 10.0 Å². The topological polar surface area (TPSA) is 144 Å². The van der Waals surface area contributed by atoms with Crippen molar-refractivity contribution >= 4 is 27.1 Å². The number of nitrogens with one attached hydrogen (secondary N) is 1. The number of phenols is 1. The minimum Gasteiger partial charge on any atom is -0.507 e. The Labute approximate surface area is 179 Å². The number of methoxy groups -OCH3 is 1. The number of nitro benzene ring substituents is 1. The molecular weight excluding hydrogens is 428 g/mol. The number of nitro groups is 1. The third-order valence-corrected chi connectivity index (χ3v) is 6.61. The van der Waals surface area contributed by atoms with Crippen molar-refractivity contribution in [1.82, 2.24) is 4.31 Å². The number of benzene rings is 2. The van der Waals surface area contributed by atoms with Crippen molar-refractivity contribution < 1.29 is 27.9 Å². The van der Waals surface area contributed by atoms with E-state index in [4.69, 9.17) is 9.47 Å². The number of hydrogen-bond donors (Lipinski definition) is 2. The number of ether oxygens (including phenoxy) is 2. The van der Waals surface area contributed by atoms with Crippen molar-refractivity contribution in [1.29, 1.82) is 0 Å². The van der Waals surface area contributed by atoms with Crippen LogP contribution in [0.2, 0.25) is 0 Å². The zero-order valence-corrected chi connectivity index (χ0v) is 17.8. The first-order valence-corrected chi connectivity index (χ1v) is 10.7. The molecule has 0 aliphatic carbocycles. The van der Waals surface area contributed by atoms with Crippen LogP contribution in [0.15, 0.2) is 46.4 Å². The Kier molecular flexibility index (Phi) is 6.73. The predicted molar refractivity (Wildman–Crippen MR) is 113 cm³/mol. The summed E-state index contributed by atoms with van der Waals surface area (Å²) in [6.07, 6.45) is 0. The van der Waals surface area contributed by atoms with Crippen molar-refractivity contribution in [3.63, 3.8) is 0 Å². The molecule has 2 aromatic carbocycles. The second kappa shape index (κ2) is 9.29. The molecule has 3 rings (SSSR count). The van der Waals surface area contributed by atoms with E-state index in [0.29, 0.717) is 17.0 Å². The summed E-state index contributed by atoms with van der Waals surface area (Å²) >= 11 is 0. The van der Waals surface area contributed by atoms with Gasteiger partial charge in [-0.25, -0.2) is 8.42 Å². The molecule has 1 heterocycles. The molecule has 0 amide bonds. The third-order valence-electron chi connectivity index (χ3n) is 4.71. The van der Waals surface area contributed by atoms with Crippen LogP contribution >= 0.6 is 0 Å². The second-order valence-electron chi connectivity index (χ2n) is 6.64. The molecular formula is C19H22N4O7S. The lowest BCUT2D eigenvalue weighted by Crippen LogP contribution is -2.40. The average Bonchev–Trinajstić information content (AvgIpc) is 2.77. The molecule has 2 N–H and O–H groups in total. The van der Waals surface area contributed by atoms with Crippen molar-refractivity contribution in [2.45, 2.75) is 11.8 Å². The molecule has 31 heavy (non-hydrogen) atoms. The van der Waals surface area contributed by atoms with Crippen LogP contribution in [0.3, 0.4) is 0 Å². The summed E-state index contributed by atoms with van der Waals surface area (Å²) in [4.78, 5) is 10.7. The average molecular weight is 450 g/mol. The maximum Gasteiger partial charge on any atom is 0.295 e. The molecule has 12 heteroatoms. The van der Waals surface area contributed by atoms with Gasteiger partial charge in [-0.1, -0.05) is 0 Å². The lowest BCUT2D eigenvalue weighted by Gasteiger charge is -2.26. The van der Waals surface area contributed by atoms with Gasteiger partial charge in [0.05, 0.1) is 35.9 Å². The van der Waals surface area contributed by atoms with Crippen molar-refractivity contribution in [2.75, 3.05) is 38.8 Å². The molecule has 166 valence electrons. The number of nitrogens with zero attached hydrogens (tertiary/aromatic N) is 3. The van der Waals surface area contributed by atoms with E-state index in [1.807, 2.05) is 0 Å². The first-order chi connectivity index (χ1) is 14.7. The lowest BCUT2D eigenvalue weighted by molar-refractivity contribution is -0.384. The highest BCUT2D eigenvalue weighted by Crippen LogP contribution is 2.30. The SMILES string of the molecule is COc1ccc(/C(C)=N/Nc2ccc(S(=O)(=O)N3CCOCC3)cc2[N+](=O)[O-])c(O)c1. The van der Waals surface area contributed by atoms with Gasteiger partial charge in [-0.05, 0) is 31.2 Å². The Balaban J connectivity index is 1.88. The van der Waals surface area contributed by atoms with Gasteiger partial charge in [-0.15, -0.1) is 0 Å². The van der Waals surface area contributed by atoms with Crippen LogP contribution in [0.1, 0.15) is 12.5 Å². The molecule has 0 spiro atoms. The van der Waals surface area contributed by atoms with Crippen LogP contribution in [0.4, 0.5) is 11.4 Å². The monoisotopic (exact) mass is 450 g/mol. The highest BCUT2D eigenvalue weighted by atomic mass is 32.2. The Hall–Kier alpha value is -3.22. The van der Waals surface area contributed by atoms with Gasteiger partial charge in [-0.2, -0.15) is 9.41 Å². The van der Waals surface area contributed by atoms with Gasteiger partial charge in [0, 0.05) is 30.8 Å². The van der Waals surface area contributed by atoms with Crippen LogP contribution in [0, 0.1) is 10.1 Å². The van der Waals surface area contributed by atoms with Gasteiger partial charge in [0.1, 0.15) is 17.2 Å². The molecule has 0 atom stereocenters. The smallest absolute Gasteiger partial charge is 0.295 e. The number of hydrazone groups is 1. The first-order valence-electron chi connectivity index (χ1n) is 9.28. The number of sulfonamides is 1. The molecule has 2 aromatic rings. The fourth-order valence-electron chi connectivity index (χ4n) is 3.00. The molecule has 1 saturated heterocycles. The number of aromatic hydroxyl groups is 1. The summed E-state index contributed by atoms with van der Waals surface area (Å²) in [6, 6.07) is 8.24. The summed E-state index contributed by atoms with van der Waals surface area (Å²) in [6.45, 7) is 2.52. The van der Waals surface area contributed by atoms with E-state index in [9.17, 15) is 23.6 Å². The number of rotatable bonds is 7. The van der Waals surface area contributed by atoms with E-state index >= 15 is 0 Å². The molecule has 11 nitrogen and oxygen atoms in total. The molecule has 1 fully saturated rings. The van der Waals surface area contributed by atoms with E-state index in [-0.39, 0.29) is 42.6 Å². The van der Waals surface area contributed by atoms with Crippen LogP contribution in [-0.2, 0) is 14.8 Å². The lowest BCUT2D eigenvalue weighted by atomic mass is 10.1. The Morgan fingerprint density at radius 3 is 2.58 bits per heavy atom. The van der Waals surface area contributed by atoms with Crippen LogP contribution in [0.5, 0.6) is 11.5 Å². The number of morpholine rings is 1. The molecule has 1 aliphatic heterocycles. The summed E-state index contributed by atoms with van der Waals surface area (Å²) < 4.78 is 37.0. The summed E-state index contributed by atoms with van der Waals surface area (Å²) in [5.41, 5.74) is 2.92. The quantitative estimate of drug-likeness (QED) is 0.371. The maximum absolute atomic E-state index is 12.8. The Morgan fingerprint density at radius 1 is 1.26 bits per heavy atom. The third kappa shape index (κ3) is 4.93. The predicted octanol–water partition coefficient (Wildman–Crippen LogP) is 2.17. The van der Waals surface area contributed by atoms with Crippen molar-refractivity contribution in [3.8, 4) is 11.5 Å². The maximum atomic E-state index is 12.8. The molecule has 0 radical (unpaired) electrons. The van der Waals surface area contributed by atoms with Gasteiger partial charge in [-0.3, -0.25) is 15.5 Å². The number of anilines is 1. The standard InChI is InChI=1S/C19H22N4O7S/c1-13(16-5-3-14(29-2)11-19(16)24)20-21-17-6-4-15(12-18(17)23(25)26)31(27,28)22-7-9-30-10-8-22/h3-6,11-12,21,24H,7-10H2,1-2H3/b20-13+. The molecule has 0 bridgehead atoms. The van der Waals surface area contributed by atoms with Gasteiger partial charge < -0.3 is 14.6 Å². The Bertz CT molecular complexity index is 1110. The van der Waals surface area contributed by atoms with E-state index in [0.717, 1.165) is 6.07 Å². The van der Waals surface area contributed by atoms with Gasteiger partial charge >= 0.3 is 0 Å². The van der Waals surface area contributed by atoms with E-state index in [1.165, 1.54) is 29.6 Å². The van der Waals surface area contributed by atoms with Crippen molar-refractivity contribution in [2.24, 2.45) is 5.10 Å². The summed E-state index contributed by atoms with van der Waals surface area (Å²) in [5.74, 6) is 0.401. The normalized spacial score (nSPS) is 15.5. The van der Waals surface area contributed by atoms with E-state index < -0.39 is 20.6 Å². The van der Waals surface area contributed by atoms with Gasteiger partial charge in [0.15, 0.2) is 0 Å². The van der Waals surface area contributed by atoms with E-state index in [2.05, 4.69) is 10.5 Å². The fraction of sp³-hybridized carbons (Fsp3) is 0.316. The first kappa shape index (κ1) is 22.5. The molecule has 0 saturated carbocycles. The minimum atomic E-state index is -3.88. The number of phenolic OH excluding ortho intramolecular Hbond substituents is 1. The summed E-state index contributed by atoms with van der Waals surface area (Å²) in [5, 5.41) is 25.7. The zero-order valence-electron chi connectivity index (χ0n) is 16.9. The molecule has 0 aromatic heterocycles. The zero-order chi connectivity index (χ0) is 22.6. The van der Waals surface area contributed by atoms with Gasteiger partial charge in [0.25, 0.3) is 5.69 Å². The van der Waals surface area contributed by atoms with Crippen molar-refractivity contribution in [3.05, 3.63) is 52.1 Å². The van der Waals surface area contributed by atoms with Crippen LogP contribution < -0.4 is 10.2 Å². The fourth-order valence-corrected chi connectivity index (χ4v) is 4.43.